The van der Waals surface area contributed by atoms with Crippen molar-refractivity contribution in [2.24, 2.45) is 0 Å². The van der Waals surface area contributed by atoms with Gasteiger partial charge >= 0.3 is 0 Å². The first kappa shape index (κ1) is 13.3. The summed E-state index contributed by atoms with van der Waals surface area (Å²) in [7, 11) is 0. The summed E-state index contributed by atoms with van der Waals surface area (Å²) >= 11 is 0. The van der Waals surface area contributed by atoms with Crippen LogP contribution in [0.3, 0.4) is 0 Å². The number of anilines is 1. The summed E-state index contributed by atoms with van der Waals surface area (Å²) in [4.78, 5) is 14.4. The Labute approximate surface area is 129 Å². The van der Waals surface area contributed by atoms with E-state index in [4.69, 9.17) is 0 Å². The van der Waals surface area contributed by atoms with Gasteiger partial charge < -0.3 is 9.88 Å². The Hall–Kier alpha value is -2.37. The van der Waals surface area contributed by atoms with E-state index in [2.05, 4.69) is 43.0 Å². The molecule has 2 N–H and O–H groups in total. The smallest absolute Gasteiger partial charge is 0.142 e. The summed E-state index contributed by atoms with van der Waals surface area (Å²) in [6.45, 7) is 4.21. The molecule has 1 aliphatic rings. The molecule has 4 heterocycles. The van der Waals surface area contributed by atoms with Gasteiger partial charge in [-0.2, -0.15) is 5.10 Å². The normalized spacial score (nSPS) is 19.0. The molecule has 1 unspecified atom stereocenters. The lowest BCUT2D eigenvalue weighted by Gasteiger charge is -2.33. The molecule has 1 saturated heterocycles. The average molecular weight is 296 g/mol. The van der Waals surface area contributed by atoms with E-state index in [1.165, 1.54) is 24.1 Å². The lowest BCUT2D eigenvalue weighted by atomic mass is 9.92. The molecule has 0 aromatic carbocycles. The molecule has 0 radical (unpaired) electrons. The van der Waals surface area contributed by atoms with Crippen LogP contribution in [0.5, 0.6) is 0 Å². The number of aryl methyl sites for hydroxylation is 1. The fraction of sp³-hybridized carbons (Fsp3) is 0.438. The second kappa shape index (κ2) is 5.44. The topological polar surface area (TPSA) is 73.5 Å². The summed E-state index contributed by atoms with van der Waals surface area (Å²) in [6, 6.07) is 2.06. The van der Waals surface area contributed by atoms with Crippen LogP contribution in [0.15, 0.2) is 24.8 Å². The molecule has 1 atom stereocenters. The Morgan fingerprint density at radius 1 is 1.36 bits per heavy atom. The summed E-state index contributed by atoms with van der Waals surface area (Å²) in [5.74, 6) is 1.53. The molecular formula is C16H20N6. The number of H-pyrrole nitrogens is 2. The highest BCUT2D eigenvalue weighted by Crippen LogP contribution is 2.32. The van der Waals surface area contributed by atoms with Gasteiger partial charge in [0.15, 0.2) is 0 Å². The third-order valence-electron chi connectivity index (χ3n) is 4.59. The van der Waals surface area contributed by atoms with E-state index in [0.29, 0.717) is 5.92 Å². The number of piperidine rings is 1. The Morgan fingerprint density at radius 3 is 3.23 bits per heavy atom. The Morgan fingerprint density at radius 2 is 2.32 bits per heavy atom. The van der Waals surface area contributed by atoms with Crippen molar-refractivity contribution in [1.29, 1.82) is 0 Å². The van der Waals surface area contributed by atoms with Crippen molar-refractivity contribution in [2.75, 3.05) is 18.0 Å². The maximum atomic E-state index is 4.53. The molecule has 3 aromatic heterocycles. The van der Waals surface area contributed by atoms with Crippen LogP contribution in [-0.2, 0) is 6.42 Å². The van der Waals surface area contributed by atoms with Crippen LogP contribution in [0.25, 0.3) is 11.0 Å². The number of hydrogen-bond acceptors (Lipinski definition) is 4. The maximum Gasteiger partial charge on any atom is 0.142 e. The molecule has 0 saturated carbocycles. The summed E-state index contributed by atoms with van der Waals surface area (Å²) < 4.78 is 0. The van der Waals surface area contributed by atoms with Gasteiger partial charge in [-0.05, 0) is 30.9 Å². The Bertz CT molecular complexity index is 774. The quantitative estimate of drug-likeness (QED) is 0.779. The number of hydrogen-bond donors (Lipinski definition) is 2. The van der Waals surface area contributed by atoms with Crippen molar-refractivity contribution in [1.82, 2.24) is 25.1 Å². The largest absolute Gasteiger partial charge is 0.355 e. The molecule has 1 fully saturated rings. The minimum Gasteiger partial charge on any atom is -0.355 e. The third-order valence-corrected chi connectivity index (χ3v) is 4.59. The van der Waals surface area contributed by atoms with Gasteiger partial charge in [0, 0.05) is 30.9 Å². The van der Waals surface area contributed by atoms with Crippen LogP contribution in [0.4, 0.5) is 5.82 Å². The second-order valence-corrected chi connectivity index (χ2v) is 5.88. The predicted molar refractivity (Wildman–Crippen MR) is 86.0 cm³/mol. The van der Waals surface area contributed by atoms with Crippen molar-refractivity contribution in [3.05, 3.63) is 36.0 Å². The molecule has 0 spiro atoms. The minimum absolute atomic E-state index is 0.496. The second-order valence-electron chi connectivity index (χ2n) is 5.88. The van der Waals surface area contributed by atoms with Gasteiger partial charge in [-0.25, -0.2) is 9.97 Å². The Kier molecular flexibility index (Phi) is 3.29. The van der Waals surface area contributed by atoms with Gasteiger partial charge in [0.25, 0.3) is 0 Å². The first-order valence-electron chi connectivity index (χ1n) is 7.92. The molecule has 22 heavy (non-hydrogen) atoms. The number of aromatic amines is 2. The molecule has 6 nitrogen and oxygen atoms in total. The fourth-order valence-electron chi connectivity index (χ4n) is 3.47. The molecule has 114 valence electrons. The van der Waals surface area contributed by atoms with Gasteiger partial charge in [0.1, 0.15) is 17.8 Å². The van der Waals surface area contributed by atoms with E-state index in [9.17, 15) is 0 Å². The van der Waals surface area contributed by atoms with E-state index in [0.717, 1.165) is 36.4 Å². The lowest BCUT2D eigenvalue weighted by Crippen LogP contribution is -2.35. The molecule has 4 rings (SSSR count). The molecule has 0 aliphatic carbocycles. The molecular weight excluding hydrogens is 276 g/mol. The summed E-state index contributed by atoms with van der Waals surface area (Å²) in [5.41, 5.74) is 3.54. The highest BCUT2D eigenvalue weighted by atomic mass is 15.2. The van der Waals surface area contributed by atoms with Gasteiger partial charge in [-0.1, -0.05) is 6.92 Å². The molecule has 6 heteroatoms. The van der Waals surface area contributed by atoms with Crippen molar-refractivity contribution in [3.8, 4) is 0 Å². The maximum absolute atomic E-state index is 4.53. The standard InChI is InChI=1S/C16H20N6/c1-2-11-8-20-21-14(11)12-4-3-7-22(9-12)16-13-5-6-17-15(13)18-10-19-16/h5-6,8,10,12H,2-4,7,9H2,1H3,(H,20,21)(H,17,18,19). The zero-order valence-electron chi connectivity index (χ0n) is 12.7. The lowest BCUT2D eigenvalue weighted by molar-refractivity contribution is 0.496. The van der Waals surface area contributed by atoms with Crippen molar-refractivity contribution < 1.29 is 0 Å². The van der Waals surface area contributed by atoms with Gasteiger partial charge in [-0.15, -0.1) is 0 Å². The first-order valence-corrected chi connectivity index (χ1v) is 7.92. The molecule has 3 aromatic rings. The molecule has 0 bridgehead atoms. The van der Waals surface area contributed by atoms with Gasteiger partial charge in [-0.3, -0.25) is 5.10 Å². The SMILES string of the molecule is CCc1cn[nH]c1C1CCCN(c2ncnc3[nH]ccc23)C1. The van der Waals surface area contributed by atoms with E-state index in [1.54, 1.807) is 6.33 Å². The summed E-state index contributed by atoms with van der Waals surface area (Å²) in [5, 5.41) is 8.55. The van der Waals surface area contributed by atoms with Crippen LogP contribution in [0.2, 0.25) is 0 Å². The van der Waals surface area contributed by atoms with Crippen molar-refractivity contribution in [2.45, 2.75) is 32.1 Å². The number of nitrogens with zero attached hydrogens (tertiary/aromatic N) is 4. The van der Waals surface area contributed by atoms with Crippen LogP contribution in [-0.4, -0.2) is 38.2 Å². The molecule has 0 amide bonds. The van der Waals surface area contributed by atoms with Crippen LogP contribution < -0.4 is 4.90 Å². The van der Waals surface area contributed by atoms with Crippen LogP contribution >= 0.6 is 0 Å². The highest BCUT2D eigenvalue weighted by molar-refractivity contribution is 5.87. The number of rotatable bonds is 3. The van der Waals surface area contributed by atoms with Gasteiger partial charge in [0.05, 0.1) is 11.6 Å². The van der Waals surface area contributed by atoms with E-state index < -0.39 is 0 Å². The van der Waals surface area contributed by atoms with E-state index in [-0.39, 0.29) is 0 Å². The first-order chi connectivity index (χ1) is 10.9. The number of fused-ring (bicyclic) bond motifs is 1. The minimum atomic E-state index is 0.496. The zero-order valence-corrected chi connectivity index (χ0v) is 12.7. The number of aromatic nitrogens is 5. The zero-order chi connectivity index (χ0) is 14.9. The van der Waals surface area contributed by atoms with Crippen molar-refractivity contribution in [3.63, 3.8) is 0 Å². The van der Waals surface area contributed by atoms with Gasteiger partial charge in [0.2, 0.25) is 0 Å². The van der Waals surface area contributed by atoms with Crippen LogP contribution in [0.1, 0.15) is 36.9 Å². The Balaban J connectivity index is 1.65. The molecule has 1 aliphatic heterocycles. The average Bonchev–Trinajstić information content (AvgIpc) is 3.23. The summed E-state index contributed by atoms with van der Waals surface area (Å²) in [6.07, 6.45) is 8.93. The predicted octanol–water partition coefficient (Wildman–Crippen LogP) is 2.63. The number of nitrogens with one attached hydrogen (secondary N) is 2. The third kappa shape index (κ3) is 2.15. The van der Waals surface area contributed by atoms with E-state index >= 15 is 0 Å². The highest BCUT2D eigenvalue weighted by Gasteiger charge is 2.26. The van der Waals surface area contributed by atoms with Crippen LogP contribution in [0, 0.1) is 0 Å². The monoisotopic (exact) mass is 296 g/mol. The fourth-order valence-corrected chi connectivity index (χ4v) is 3.47. The van der Waals surface area contributed by atoms with Crippen molar-refractivity contribution >= 4 is 16.9 Å². The van der Waals surface area contributed by atoms with E-state index in [1.807, 2.05) is 12.4 Å².